The average molecular weight is 567 g/mol. The smallest absolute Gasteiger partial charge is 0.338 e. The lowest BCUT2D eigenvalue weighted by molar-refractivity contribution is 0.0526. The summed E-state index contributed by atoms with van der Waals surface area (Å²) in [6.07, 6.45) is 3.22. The predicted octanol–water partition coefficient (Wildman–Crippen LogP) is 4.66. The second kappa shape index (κ2) is 13.6. The van der Waals surface area contributed by atoms with E-state index in [1.54, 1.807) is 37.3 Å². The van der Waals surface area contributed by atoms with Gasteiger partial charge in [-0.1, -0.05) is 32.9 Å². The number of carbonyl (C=O) groups is 1. The lowest BCUT2D eigenvalue weighted by Gasteiger charge is -2.28. The number of hydrogen-bond acceptors (Lipinski definition) is 8. The van der Waals surface area contributed by atoms with Gasteiger partial charge in [-0.2, -0.15) is 0 Å². The summed E-state index contributed by atoms with van der Waals surface area (Å²) in [4.78, 5) is 24.6. The SMILES string of the molecule is CCOC(=O)c1ccc2ncc(S(=O)(=O)c3ccc(CC)cc3)c(N3CCCN(CCN(CC)CC)CC3)c2c1. The number of hydrogen-bond donors (Lipinski definition) is 0. The van der Waals surface area contributed by atoms with Crippen molar-refractivity contribution in [3.63, 3.8) is 0 Å². The van der Waals surface area contributed by atoms with Crippen LogP contribution in [-0.2, 0) is 21.0 Å². The lowest BCUT2D eigenvalue weighted by Crippen LogP contribution is -2.37. The third-order valence-electron chi connectivity index (χ3n) is 7.78. The van der Waals surface area contributed by atoms with Crippen molar-refractivity contribution in [2.24, 2.45) is 0 Å². The molecular weight excluding hydrogens is 524 g/mol. The maximum absolute atomic E-state index is 14.1. The number of likely N-dealkylation sites (N-methyl/N-ethyl adjacent to an activating group) is 1. The largest absolute Gasteiger partial charge is 0.462 e. The second-order valence-electron chi connectivity index (χ2n) is 10.1. The number of nitrogens with zero attached hydrogens (tertiary/aromatic N) is 4. The number of anilines is 1. The first-order valence-electron chi connectivity index (χ1n) is 14.5. The Morgan fingerprint density at radius 3 is 2.40 bits per heavy atom. The van der Waals surface area contributed by atoms with Crippen molar-refractivity contribution < 1.29 is 17.9 Å². The van der Waals surface area contributed by atoms with Crippen LogP contribution in [0.3, 0.4) is 0 Å². The molecule has 0 radical (unpaired) electrons. The highest BCUT2D eigenvalue weighted by Crippen LogP contribution is 2.37. The Bertz CT molecular complexity index is 1400. The van der Waals surface area contributed by atoms with Gasteiger partial charge in [0.15, 0.2) is 0 Å². The molecule has 1 aromatic heterocycles. The first-order chi connectivity index (χ1) is 19.3. The van der Waals surface area contributed by atoms with Gasteiger partial charge < -0.3 is 19.4 Å². The van der Waals surface area contributed by atoms with Gasteiger partial charge in [0.25, 0.3) is 0 Å². The van der Waals surface area contributed by atoms with Crippen molar-refractivity contribution >= 4 is 32.4 Å². The number of rotatable bonds is 11. The maximum Gasteiger partial charge on any atom is 0.338 e. The van der Waals surface area contributed by atoms with E-state index in [0.29, 0.717) is 35.2 Å². The standard InChI is InChI=1S/C31H42N4O4S/c1-5-24-10-13-26(14-11-24)40(37,38)29-23-32-28-15-12-25(31(36)39-8-4)22-27(28)30(29)35-17-9-16-34(20-21-35)19-18-33(6-2)7-3/h10-15,22-23H,5-9,16-21H2,1-4H3. The summed E-state index contributed by atoms with van der Waals surface area (Å²) >= 11 is 0. The molecule has 4 rings (SSSR count). The van der Waals surface area contributed by atoms with Crippen LogP contribution in [0.1, 0.15) is 50.0 Å². The molecule has 9 heteroatoms. The van der Waals surface area contributed by atoms with Crippen LogP contribution in [0.25, 0.3) is 10.9 Å². The van der Waals surface area contributed by atoms with E-state index >= 15 is 0 Å². The fourth-order valence-electron chi connectivity index (χ4n) is 5.30. The van der Waals surface area contributed by atoms with Gasteiger partial charge in [-0.05, 0) is 75.3 Å². The maximum atomic E-state index is 14.1. The molecular formula is C31H42N4O4S. The first-order valence-corrected chi connectivity index (χ1v) is 15.9. The molecule has 1 saturated heterocycles. The Balaban J connectivity index is 1.78. The minimum Gasteiger partial charge on any atom is -0.462 e. The molecule has 0 aliphatic carbocycles. The summed E-state index contributed by atoms with van der Waals surface area (Å²) in [5.41, 5.74) is 2.72. The first kappa shape index (κ1) is 30.0. The van der Waals surface area contributed by atoms with E-state index in [9.17, 15) is 13.2 Å². The van der Waals surface area contributed by atoms with E-state index in [-0.39, 0.29) is 16.4 Å². The molecule has 1 fully saturated rings. The van der Waals surface area contributed by atoms with Crippen LogP contribution < -0.4 is 4.90 Å². The van der Waals surface area contributed by atoms with Crippen LogP contribution >= 0.6 is 0 Å². The molecule has 0 unspecified atom stereocenters. The number of aryl methyl sites for hydroxylation is 1. The van der Waals surface area contributed by atoms with Crippen molar-refractivity contribution in [3.05, 3.63) is 59.8 Å². The number of fused-ring (bicyclic) bond motifs is 1. The molecule has 1 aliphatic heterocycles. The predicted molar refractivity (Wildman–Crippen MR) is 160 cm³/mol. The summed E-state index contributed by atoms with van der Waals surface area (Å²) in [6.45, 7) is 15.7. The van der Waals surface area contributed by atoms with E-state index in [0.717, 1.165) is 57.7 Å². The van der Waals surface area contributed by atoms with Gasteiger partial charge in [-0.25, -0.2) is 13.2 Å². The van der Waals surface area contributed by atoms with Gasteiger partial charge in [-0.3, -0.25) is 4.98 Å². The minimum absolute atomic E-state index is 0.168. The van der Waals surface area contributed by atoms with Crippen LogP contribution in [0.4, 0.5) is 5.69 Å². The Labute approximate surface area is 238 Å². The van der Waals surface area contributed by atoms with E-state index in [1.807, 2.05) is 19.1 Å². The fraction of sp³-hybridized carbons (Fsp3) is 0.484. The van der Waals surface area contributed by atoms with Gasteiger partial charge in [-0.15, -0.1) is 0 Å². The summed E-state index contributed by atoms with van der Waals surface area (Å²) in [7, 11) is -3.87. The Hall–Kier alpha value is -3.01. The van der Waals surface area contributed by atoms with Crippen molar-refractivity contribution in [2.45, 2.75) is 50.3 Å². The Morgan fingerprint density at radius 1 is 0.975 bits per heavy atom. The van der Waals surface area contributed by atoms with Gasteiger partial charge in [0.2, 0.25) is 9.84 Å². The molecule has 8 nitrogen and oxygen atoms in total. The minimum atomic E-state index is -3.87. The Kier molecular flexibility index (Phi) is 10.2. The summed E-state index contributed by atoms with van der Waals surface area (Å²) in [5, 5.41) is 0.647. The molecule has 2 heterocycles. The van der Waals surface area contributed by atoms with Gasteiger partial charge in [0.1, 0.15) is 4.90 Å². The van der Waals surface area contributed by atoms with E-state index in [2.05, 4.69) is 33.5 Å². The lowest BCUT2D eigenvalue weighted by atomic mass is 10.1. The van der Waals surface area contributed by atoms with Crippen molar-refractivity contribution in [2.75, 3.05) is 63.9 Å². The van der Waals surface area contributed by atoms with E-state index < -0.39 is 15.8 Å². The van der Waals surface area contributed by atoms with Crippen LogP contribution in [0.15, 0.2) is 58.5 Å². The normalized spacial score (nSPS) is 15.0. The fourth-order valence-corrected chi connectivity index (χ4v) is 6.73. The third-order valence-corrected chi connectivity index (χ3v) is 9.55. The molecule has 0 amide bonds. The Morgan fingerprint density at radius 2 is 1.73 bits per heavy atom. The number of carbonyl (C=O) groups excluding carboxylic acids is 1. The van der Waals surface area contributed by atoms with Crippen molar-refractivity contribution in [1.29, 1.82) is 0 Å². The number of benzene rings is 2. The van der Waals surface area contributed by atoms with Crippen molar-refractivity contribution in [1.82, 2.24) is 14.8 Å². The summed E-state index contributed by atoms with van der Waals surface area (Å²) in [5.74, 6) is -0.433. The van der Waals surface area contributed by atoms with Gasteiger partial charge in [0, 0.05) is 44.3 Å². The topological polar surface area (TPSA) is 83.0 Å². The van der Waals surface area contributed by atoms with Crippen LogP contribution in [0.2, 0.25) is 0 Å². The molecule has 2 aromatic carbocycles. The molecule has 40 heavy (non-hydrogen) atoms. The molecule has 0 bridgehead atoms. The second-order valence-corrected chi connectivity index (χ2v) is 12.1. The number of ether oxygens (including phenoxy) is 1. The molecule has 0 N–H and O–H groups in total. The van der Waals surface area contributed by atoms with Crippen LogP contribution in [-0.4, -0.2) is 88.1 Å². The zero-order chi connectivity index (χ0) is 28.7. The highest BCUT2D eigenvalue weighted by molar-refractivity contribution is 7.91. The molecule has 1 aliphatic rings. The summed E-state index contributed by atoms with van der Waals surface area (Å²) < 4.78 is 33.4. The third kappa shape index (κ3) is 6.65. The molecule has 3 aromatic rings. The summed E-state index contributed by atoms with van der Waals surface area (Å²) in [6, 6.07) is 12.3. The van der Waals surface area contributed by atoms with Crippen molar-refractivity contribution in [3.8, 4) is 0 Å². The molecule has 0 spiro atoms. The van der Waals surface area contributed by atoms with E-state index in [4.69, 9.17) is 4.74 Å². The van der Waals surface area contributed by atoms with Crippen LogP contribution in [0, 0.1) is 0 Å². The van der Waals surface area contributed by atoms with Gasteiger partial charge in [0.05, 0.1) is 28.3 Å². The zero-order valence-electron chi connectivity index (χ0n) is 24.2. The molecule has 0 atom stereocenters. The number of esters is 1. The molecule has 216 valence electrons. The average Bonchev–Trinajstić information content (AvgIpc) is 3.22. The monoisotopic (exact) mass is 566 g/mol. The highest BCUT2D eigenvalue weighted by atomic mass is 32.2. The highest BCUT2D eigenvalue weighted by Gasteiger charge is 2.28. The van der Waals surface area contributed by atoms with Crippen LogP contribution in [0.5, 0.6) is 0 Å². The van der Waals surface area contributed by atoms with Gasteiger partial charge >= 0.3 is 5.97 Å². The number of sulfone groups is 1. The quantitative estimate of drug-likeness (QED) is 0.310. The molecule has 0 saturated carbocycles. The number of aromatic nitrogens is 1. The zero-order valence-corrected chi connectivity index (χ0v) is 25.0. The van der Waals surface area contributed by atoms with E-state index in [1.165, 1.54) is 6.20 Å². The number of pyridine rings is 1.